The first-order chi connectivity index (χ1) is 13.0. The first-order valence-electron chi connectivity index (χ1n) is 9.52. The molecule has 0 radical (unpaired) electrons. The Labute approximate surface area is 162 Å². The molecule has 2 rings (SSSR count). The number of benzene rings is 2. The van der Waals surface area contributed by atoms with E-state index in [1.807, 2.05) is 65.7 Å². The van der Waals surface area contributed by atoms with Gasteiger partial charge < -0.3 is 5.11 Å². The molecule has 1 atom stereocenters. The predicted molar refractivity (Wildman–Crippen MR) is 111 cm³/mol. The summed E-state index contributed by atoms with van der Waals surface area (Å²) in [6.45, 7) is 5.55. The summed E-state index contributed by atoms with van der Waals surface area (Å²) < 4.78 is 0. The van der Waals surface area contributed by atoms with Crippen LogP contribution in [0.25, 0.3) is 0 Å². The molecule has 5 heteroatoms. The number of aliphatic hydroxyl groups excluding tert-OH is 1. The minimum atomic E-state index is -0.439. The minimum Gasteiger partial charge on any atom is -0.393 e. The van der Waals surface area contributed by atoms with E-state index in [2.05, 4.69) is 19.3 Å². The van der Waals surface area contributed by atoms with E-state index in [4.69, 9.17) is 0 Å². The zero-order chi connectivity index (χ0) is 19.6. The predicted octanol–water partition coefficient (Wildman–Crippen LogP) is 3.70. The van der Waals surface area contributed by atoms with Gasteiger partial charge in [-0.15, -0.1) is 0 Å². The Hall–Kier alpha value is -2.37. The number of anilines is 1. The monoisotopic (exact) mass is 369 g/mol. The van der Waals surface area contributed by atoms with Gasteiger partial charge in [-0.05, 0) is 36.5 Å². The van der Waals surface area contributed by atoms with Crippen LogP contribution in [0.5, 0.6) is 0 Å². The first-order valence-corrected chi connectivity index (χ1v) is 9.52. The van der Waals surface area contributed by atoms with E-state index in [9.17, 15) is 9.90 Å². The highest BCUT2D eigenvalue weighted by Crippen LogP contribution is 2.12. The van der Waals surface area contributed by atoms with Gasteiger partial charge in [-0.1, -0.05) is 62.4 Å². The average molecular weight is 370 g/mol. The summed E-state index contributed by atoms with van der Waals surface area (Å²) in [4.78, 5) is 14.2. The van der Waals surface area contributed by atoms with Crippen LogP contribution in [0, 0.1) is 5.92 Å². The fraction of sp³-hybridized carbons (Fsp3) is 0.409. The molecule has 2 aromatic rings. The van der Waals surface area contributed by atoms with Gasteiger partial charge in [0.15, 0.2) is 0 Å². The largest absolute Gasteiger partial charge is 0.393 e. The molecule has 5 nitrogen and oxygen atoms in total. The third-order valence-corrected chi connectivity index (χ3v) is 4.33. The van der Waals surface area contributed by atoms with Gasteiger partial charge in [-0.25, -0.2) is 9.80 Å². The normalized spacial score (nSPS) is 12.2. The van der Waals surface area contributed by atoms with Crippen LogP contribution in [0.2, 0.25) is 0 Å². The number of hydrazine groups is 1. The van der Waals surface area contributed by atoms with E-state index in [1.165, 1.54) is 0 Å². The van der Waals surface area contributed by atoms with Crippen molar-refractivity contribution in [3.05, 3.63) is 66.2 Å². The molecule has 0 heterocycles. The van der Waals surface area contributed by atoms with E-state index in [0.717, 1.165) is 17.8 Å². The van der Waals surface area contributed by atoms with E-state index in [0.29, 0.717) is 25.3 Å². The number of urea groups is 1. The standard InChI is InChI=1S/C22H31N3O2/c1-18(2)17-25(15-14-21(26)16-19-10-6-4-7-11-19)23-22(27)24(3)20-12-8-5-9-13-20/h4-13,18,21,26H,14-17H2,1-3H3,(H,23,27)/t21-/m1/s1. The lowest BCUT2D eigenvalue weighted by atomic mass is 10.1. The molecule has 27 heavy (non-hydrogen) atoms. The second-order valence-corrected chi connectivity index (χ2v) is 7.28. The van der Waals surface area contributed by atoms with Crippen LogP contribution in [-0.2, 0) is 6.42 Å². The van der Waals surface area contributed by atoms with Gasteiger partial charge >= 0.3 is 6.03 Å². The van der Waals surface area contributed by atoms with Gasteiger partial charge in [-0.2, -0.15) is 0 Å². The van der Waals surface area contributed by atoms with Crippen molar-refractivity contribution < 1.29 is 9.90 Å². The Morgan fingerprint density at radius 3 is 2.22 bits per heavy atom. The first kappa shape index (κ1) is 20.9. The molecular formula is C22H31N3O2. The summed E-state index contributed by atoms with van der Waals surface area (Å²) >= 11 is 0. The highest BCUT2D eigenvalue weighted by atomic mass is 16.3. The number of carbonyl (C=O) groups excluding carboxylic acids is 1. The van der Waals surface area contributed by atoms with Crippen LogP contribution in [0.15, 0.2) is 60.7 Å². The van der Waals surface area contributed by atoms with Crippen molar-refractivity contribution in [2.24, 2.45) is 5.92 Å². The lowest BCUT2D eigenvalue weighted by molar-refractivity contribution is 0.116. The Bertz CT molecular complexity index is 676. The van der Waals surface area contributed by atoms with E-state index in [1.54, 1.807) is 11.9 Å². The molecule has 2 amide bonds. The molecule has 0 aliphatic carbocycles. The van der Waals surface area contributed by atoms with Crippen LogP contribution >= 0.6 is 0 Å². The van der Waals surface area contributed by atoms with Crippen LogP contribution < -0.4 is 10.3 Å². The second kappa shape index (κ2) is 10.7. The summed E-state index contributed by atoms with van der Waals surface area (Å²) in [5.41, 5.74) is 4.93. The van der Waals surface area contributed by atoms with Gasteiger partial charge in [0.2, 0.25) is 0 Å². The molecule has 146 valence electrons. The number of para-hydroxylation sites is 1. The van der Waals surface area contributed by atoms with Gasteiger partial charge in [0.1, 0.15) is 0 Å². The van der Waals surface area contributed by atoms with Gasteiger partial charge in [0.25, 0.3) is 0 Å². The van der Waals surface area contributed by atoms with Crippen molar-refractivity contribution in [1.29, 1.82) is 0 Å². The smallest absolute Gasteiger partial charge is 0.336 e. The molecule has 0 saturated carbocycles. The maximum Gasteiger partial charge on any atom is 0.336 e. The molecule has 0 aromatic heterocycles. The third-order valence-electron chi connectivity index (χ3n) is 4.33. The van der Waals surface area contributed by atoms with Crippen LogP contribution in [-0.4, -0.2) is 42.4 Å². The summed E-state index contributed by atoms with van der Waals surface area (Å²) in [7, 11) is 1.75. The molecule has 0 saturated heterocycles. The third kappa shape index (κ3) is 7.41. The van der Waals surface area contributed by atoms with Gasteiger partial charge in [-0.3, -0.25) is 10.3 Å². The molecule has 0 aliphatic rings. The lowest BCUT2D eigenvalue weighted by Crippen LogP contribution is -2.50. The molecule has 0 fully saturated rings. The Morgan fingerprint density at radius 1 is 1.04 bits per heavy atom. The van der Waals surface area contributed by atoms with Crippen molar-refractivity contribution in [3.63, 3.8) is 0 Å². The number of rotatable bonds is 9. The number of carbonyl (C=O) groups is 1. The van der Waals surface area contributed by atoms with E-state index >= 15 is 0 Å². The minimum absolute atomic E-state index is 0.181. The number of amides is 2. The van der Waals surface area contributed by atoms with Crippen molar-refractivity contribution in [3.8, 4) is 0 Å². The fourth-order valence-corrected chi connectivity index (χ4v) is 2.91. The Morgan fingerprint density at radius 2 is 1.63 bits per heavy atom. The molecule has 0 aliphatic heterocycles. The Kier molecular flexibility index (Phi) is 8.30. The number of nitrogens with zero attached hydrogens (tertiary/aromatic N) is 2. The summed E-state index contributed by atoms with van der Waals surface area (Å²) in [5, 5.41) is 12.3. The fourth-order valence-electron chi connectivity index (χ4n) is 2.91. The lowest BCUT2D eigenvalue weighted by Gasteiger charge is -2.28. The van der Waals surface area contributed by atoms with Crippen molar-refractivity contribution in [1.82, 2.24) is 10.4 Å². The highest BCUT2D eigenvalue weighted by molar-refractivity contribution is 5.90. The van der Waals surface area contributed by atoms with Crippen LogP contribution in [0.4, 0.5) is 10.5 Å². The van der Waals surface area contributed by atoms with Crippen LogP contribution in [0.3, 0.4) is 0 Å². The quantitative estimate of drug-likeness (QED) is 0.663. The topological polar surface area (TPSA) is 55.8 Å². The molecule has 0 unspecified atom stereocenters. The summed E-state index contributed by atoms with van der Waals surface area (Å²) in [5.74, 6) is 0.401. The number of nitrogens with one attached hydrogen (secondary N) is 1. The highest BCUT2D eigenvalue weighted by Gasteiger charge is 2.17. The van der Waals surface area contributed by atoms with E-state index in [-0.39, 0.29) is 6.03 Å². The Balaban J connectivity index is 1.89. The van der Waals surface area contributed by atoms with Crippen molar-refractivity contribution >= 4 is 11.7 Å². The molecular weight excluding hydrogens is 338 g/mol. The van der Waals surface area contributed by atoms with Crippen molar-refractivity contribution in [2.75, 3.05) is 25.0 Å². The molecule has 2 N–H and O–H groups in total. The van der Waals surface area contributed by atoms with Gasteiger partial charge in [0.05, 0.1) is 6.10 Å². The van der Waals surface area contributed by atoms with Crippen LogP contribution in [0.1, 0.15) is 25.8 Å². The van der Waals surface area contributed by atoms with E-state index < -0.39 is 6.10 Å². The molecule has 2 aromatic carbocycles. The number of aliphatic hydroxyl groups is 1. The number of hydrogen-bond acceptors (Lipinski definition) is 3. The summed E-state index contributed by atoms with van der Waals surface area (Å²) in [6, 6.07) is 19.3. The second-order valence-electron chi connectivity index (χ2n) is 7.28. The maximum absolute atomic E-state index is 12.6. The molecule has 0 bridgehead atoms. The number of hydrogen-bond donors (Lipinski definition) is 2. The summed E-state index contributed by atoms with van der Waals surface area (Å²) in [6.07, 6.45) is 0.774. The molecule has 0 spiro atoms. The van der Waals surface area contributed by atoms with Gasteiger partial charge in [0, 0.05) is 25.8 Å². The SMILES string of the molecule is CC(C)CN(CC[C@@H](O)Cc1ccccc1)NC(=O)N(C)c1ccccc1. The average Bonchev–Trinajstić information content (AvgIpc) is 2.66. The zero-order valence-corrected chi connectivity index (χ0v) is 16.5. The zero-order valence-electron chi connectivity index (χ0n) is 16.5. The van der Waals surface area contributed by atoms with Crippen molar-refractivity contribution in [2.45, 2.75) is 32.8 Å². The maximum atomic E-state index is 12.6.